The molecule has 0 radical (unpaired) electrons. The lowest BCUT2D eigenvalue weighted by Crippen LogP contribution is -2.42. The Morgan fingerprint density at radius 3 is 2.86 bits per heavy atom. The summed E-state index contributed by atoms with van der Waals surface area (Å²) in [4.78, 5) is 12.6. The van der Waals surface area contributed by atoms with Gasteiger partial charge in [0.2, 0.25) is 0 Å². The molecule has 4 rings (SSSR count). The van der Waals surface area contributed by atoms with Gasteiger partial charge in [-0.1, -0.05) is 18.1 Å². The number of fused-ring (bicyclic) bond motifs is 5. The van der Waals surface area contributed by atoms with Gasteiger partial charge < -0.3 is 11.1 Å². The van der Waals surface area contributed by atoms with Gasteiger partial charge in [-0.2, -0.15) is 0 Å². The Kier molecular flexibility index (Phi) is 2.98. The third-order valence-corrected chi connectivity index (χ3v) is 6.20. The molecule has 3 N–H and O–H groups in total. The predicted molar refractivity (Wildman–Crippen MR) is 83.9 cm³/mol. The fraction of sp³-hybridized carbons (Fsp3) is 0.611. The first-order valence-electron chi connectivity index (χ1n) is 8.30. The molecule has 3 saturated carbocycles. The molecule has 5 atom stereocenters. The Balaban J connectivity index is 1.50. The molecule has 3 fully saturated rings. The van der Waals surface area contributed by atoms with Crippen molar-refractivity contribution in [3.8, 4) is 0 Å². The molecule has 0 heterocycles. The Morgan fingerprint density at radius 2 is 2.00 bits per heavy atom. The number of nitrogens with one attached hydrogen (secondary N) is 1. The molecular weight excluding hydrogens is 260 g/mol. The average Bonchev–Trinajstić information content (AvgIpc) is 3.13. The molecule has 0 spiro atoms. The molecule has 0 aliphatic heterocycles. The molecule has 3 nitrogen and oxygen atoms in total. The fourth-order valence-electron chi connectivity index (χ4n) is 5.35. The van der Waals surface area contributed by atoms with Crippen molar-refractivity contribution < 1.29 is 4.79 Å². The standard InChI is InChI=1S/C18H24N2O/c1-10-5-6-16(19)15(7-10)18(21)20-17-9-11-8-14(17)13-4-2-3-12(11)13/h5-7,11-14,17H,2-4,8-9,19H2,1H3,(H,20,21). The summed E-state index contributed by atoms with van der Waals surface area (Å²) in [5, 5.41) is 3.29. The lowest BCUT2D eigenvalue weighted by atomic mass is 9.79. The summed E-state index contributed by atoms with van der Waals surface area (Å²) < 4.78 is 0. The summed E-state index contributed by atoms with van der Waals surface area (Å²) in [7, 11) is 0. The van der Waals surface area contributed by atoms with Crippen molar-refractivity contribution in [2.75, 3.05) is 5.73 Å². The van der Waals surface area contributed by atoms with E-state index in [1.54, 1.807) is 0 Å². The minimum absolute atomic E-state index is 0.0169. The zero-order chi connectivity index (χ0) is 14.6. The molecule has 0 saturated heterocycles. The van der Waals surface area contributed by atoms with E-state index in [0.717, 1.165) is 29.2 Å². The normalized spacial score (nSPS) is 36.7. The van der Waals surface area contributed by atoms with E-state index in [1.807, 2.05) is 25.1 Å². The SMILES string of the molecule is Cc1ccc(N)c(C(=O)NC2CC3CC2C2CCCC32)c1. The largest absolute Gasteiger partial charge is 0.398 e. The predicted octanol–water partition coefficient (Wildman–Crippen LogP) is 3.13. The maximum atomic E-state index is 12.6. The number of hydrogen-bond acceptors (Lipinski definition) is 2. The number of carbonyl (C=O) groups excluding carboxylic acids is 1. The van der Waals surface area contributed by atoms with Gasteiger partial charge in [0.15, 0.2) is 0 Å². The highest BCUT2D eigenvalue weighted by molar-refractivity contribution is 5.99. The number of hydrogen-bond donors (Lipinski definition) is 2. The number of aryl methyl sites for hydroxylation is 1. The summed E-state index contributed by atoms with van der Waals surface area (Å²) in [6.07, 6.45) is 6.73. The Hall–Kier alpha value is -1.51. The summed E-state index contributed by atoms with van der Waals surface area (Å²) in [6.45, 7) is 2.00. The number of benzene rings is 1. The maximum absolute atomic E-state index is 12.6. The van der Waals surface area contributed by atoms with E-state index in [4.69, 9.17) is 5.73 Å². The van der Waals surface area contributed by atoms with E-state index >= 15 is 0 Å². The van der Waals surface area contributed by atoms with Gasteiger partial charge in [0.1, 0.15) is 0 Å². The van der Waals surface area contributed by atoms with Gasteiger partial charge in [-0.3, -0.25) is 4.79 Å². The van der Waals surface area contributed by atoms with E-state index in [2.05, 4.69) is 5.32 Å². The molecule has 112 valence electrons. The third-order valence-electron chi connectivity index (χ3n) is 6.20. The van der Waals surface area contributed by atoms with E-state index in [0.29, 0.717) is 17.3 Å². The molecule has 1 amide bonds. The van der Waals surface area contributed by atoms with Crippen LogP contribution in [0.15, 0.2) is 18.2 Å². The topological polar surface area (TPSA) is 55.1 Å². The second kappa shape index (κ2) is 4.75. The highest BCUT2D eigenvalue weighted by Gasteiger charge is 2.54. The lowest BCUT2D eigenvalue weighted by Gasteiger charge is -2.32. The molecule has 3 aliphatic rings. The van der Waals surface area contributed by atoms with Crippen LogP contribution < -0.4 is 11.1 Å². The fourth-order valence-corrected chi connectivity index (χ4v) is 5.35. The Bertz CT molecular complexity index is 583. The molecule has 1 aromatic carbocycles. The number of anilines is 1. The maximum Gasteiger partial charge on any atom is 0.253 e. The number of nitrogen functional groups attached to an aromatic ring is 1. The quantitative estimate of drug-likeness (QED) is 0.820. The van der Waals surface area contributed by atoms with E-state index in [-0.39, 0.29) is 5.91 Å². The second-order valence-electron chi connectivity index (χ2n) is 7.32. The van der Waals surface area contributed by atoms with Crippen LogP contribution in [0.4, 0.5) is 5.69 Å². The monoisotopic (exact) mass is 284 g/mol. The van der Waals surface area contributed by atoms with Gasteiger partial charge in [0.25, 0.3) is 5.91 Å². The van der Waals surface area contributed by atoms with Gasteiger partial charge in [-0.25, -0.2) is 0 Å². The van der Waals surface area contributed by atoms with Gasteiger partial charge in [-0.15, -0.1) is 0 Å². The van der Waals surface area contributed by atoms with Crippen LogP contribution in [-0.4, -0.2) is 11.9 Å². The van der Waals surface area contributed by atoms with Crippen molar-refractivity contribution in [1.29, 1.82) is 0 Å². The van der Waals surface area contributed by atoms with Gasteiger partial charge >= 0.3 is 0 Å². The van der Waals surface area contributed by atoms with E-state index < -0.39 is 0 Å². The minimum Gasteiger partial charge on any atom is -0.398 e. The van der Waals surface area contributed by atoms with Gasteiger partial charge in [-0.05, 0) is 68.4 Å². The zero-order valence-corrected chi connectivity index (χ0v) is 12.6. The molecule has 0 aromatic heterocycles. The number of nitrogens with two attached hydrogens (primary N) is 1. The smallest absolute Gasteiger partial charge is 0.253 e. The number of rotatable bonds is 2. The highest BCUT2D eigenvalue weighted by Crippen LogP contribution is 2.58. The van der Waals surface area contributed by atoms with Crippen LogP contribution in [0.3, 0.4) is 0 Å². The summed E-state index contributed by atoms with van der Waals surface area (Å²) >= 11 is 0. The van der Waals surface area contributed by atoms with Crippen molar-refractivity contribution in [2.45, 2.75) is 45.1 Å². The molecule has 1 aromatic rings. The second-order valence-corrected chi connectivity index (χ2v) is 7.32. The van der Waals surface area contributed by atoms with Crippen LogP contribution in [0.5, 0.6) is 0 Å². The first-order valence-corrected chi connectivity index (χ1v) is 8.30. The molecule has 3 heteroatoms. The van der Waals surface area contributed by atoms with Crippen LogP contribution in [0.2, 0.25) is 0 Å². The lowest BCUT2D eigenvalue weighted by molar-refractivity contribution is 0.0902. The minimum atomic E-state index is 0.0169. The highest BCUT2D eigenvalue weighted by atomic mass is 16.1. The van der Waals surface area contributed by atoms with Crippen molar-refractivity contribution in [3.63, 3.8) is 0 Å². The van der Waals surface area contributed by atoms with E-state index in [9.17, 15) is 4.79 Å². The van der Waals surface area contributed by atoms with Crippen molar-refractivity contribution in [3.05, 3.63) is 29.3 Å². The number of carbonyl (C=O) groups is 1. The van der Waals surface area contributed by atoms with Crippen molar-refractivity contribution >= 4 is 11.6 Å². The molecule has 21 heavy (non-hydrogen) atoms. The summed E-state index contributed by atoms with van der Waals surface area (Å²) in [5.41, 5.74) is 8.27. The van der Waals surface area contributed by atoms with Crippen molar-refractivity contribution in [2.24, 2.45) is 23.7 Å². The number of amides is 1. The average molecular weight is 284 g/mol. The molecular formula is C18H24N2O. The van der Waals surface area contributed by atoms with Crippen LogP contribution in [0, 0.1) is 30.6 Å². The van der Waals surface area contributed by atoms with E-state index in [1.165, 1.54) is 32.1 Å². The third kappa shape index (κ3) is 2.05. The van der Waals surface area contributed by atoms with Gasteiger partial charge in [0, 0.05) is 11.7 Å². The van der Waals surface area contributed by atoms with Crippen molar-refractivity contribution in [1.82, 2.24) is 5.32 Å². The van der Waals surface area contributed by atoms with Crippen LogP contribution in [-0.2, 0) is 0 Å². The van der Waals surface area contributed by atoms with Crippen LogP contribution in [0.1, 0.15) is 48.0 Å². The zero-order valence-electron chi connectivity index (χ0n) is 12.6. The summed E-state index contributed by atoms with van der Waals surface area (Å²) in [5.74, 6) is 3.44. The Labute approximate surface area is 126 Å². The molecule has 5 unspecified atom stereocenters. The van der Waals surface area contributed by atoms with Gasteiger partial charge in [0.05, 0.1) is 5.56 Å². The first kappa shape index (κ1) is 13.2. The summed E-state index contributed by atoms with van der Waals surface area (Å²) in [6, 6.07) is 6.06. The molecule has 3 aliphatic carbocycles. The Morgan fingerprint density at radius 1 is 1.19 bits per heavy atom. The molecule has 2 bridgehead atoms. The first-order chi connectivity index (χ1) is 10.1. The van der Waals surface area contributed by atoms with Crippen LogP contribution >= 0.6 is 0 Å². The van der Waals surface area contributed by atoms with Crippen LogP contribution in [0.25, 0.3) is 0 Å².